The number of carbonyl (C=O) groups is 1. The number of ether oxygens (including phenoxy) is 1. The lowest BCUT2D eigenvalue weighted by molar-refractivity contribution is 0.0945. The van der Waals surface area contributed by atoms with Gasteiger partial charge in [-0.15, -0.1) is 0 Å². The Morgan fingerprint density at radius 3 is 2.61 bits per heavy atom. The van der Waals surface area contributed by atoms with Crippen molar-refractivity contribution < 1.29 is 9.53 Å². The number of para-hydroxylation sites is 1. The van der Waals surface area contributed by atoms with Gasteiger partial charge in [0.2, 0.25) is 0 Å². The van der Waals surface area contributed by atoms with Crippen LogP contribution >= 0.6 is 0 Å². The number of anilines is 2. The second-order valence-corrected chi connectivity index (χ2v) is 6.48. The molecule has 0 spiro atoms. The summed E-state index contributed by atoms with van der Waals surface area (Å²) >= 11 is 0. The van der Waals surface area contributed by atoms with Gasteiger partial charge in [-0.25, -0.2) is 0 Å². The van der Waals surface area contributed by atoms with Crippen molar-refractivity contribution in [3.8, 4) is 5.75 Å². The van der Waals surface area contributed by atoms with Crippen LogP contribution in [0.2, 0.25) is 0 Å². The number of carbonyl (C=O) groups excluding carboxylic acids is 1. The largest absolute Gasteiger partial charge is 0.496 e. The van der Waals surface area contributed by atoms with E-state index < -0.39 is 0 Å². The molecule has 0 aliphatic carbocycles. The zero-order valence-corrected chi connectivity index (χ0v) is 16.5. The van der Waals surface area contributed by atoms with Crippen molar-refractivity contribution >= 4 is 17.3 Å². The van der Waals surface area contributed by atoms with Gasteiger partial charge in [-0.2, -0.15) is 0 Å². The molecule has 0 bridgehead atoms. The maximum Gasteiger partial charge on any atom is 0.270 e. The fourth-order valence-electron chi connectivity index (χ4n) is 3.14. The Morgan fingerprint density at radius 2 is 1.86 bits per heavy atom. The van der Waals surface area contributed by atoms with Crippen LogP contribution in [0, 0.1) is 6.92 Å². The fraction of sp³-hybridized carbons (Fsp3) is 0.217. The Hall–Kier alpha value is -3.34. The molecule has 1 heterocycles. The average molecular weight is 375 g/mol. The number of methoxy groups -OCH3 is 1. The van der Waals surface area contributed by atoms with Crippen molar-refractivity contribution in [2.75, 3.05) is 18.6 Å². The van der Waals surface area contributed by atoms with Crippen molar-refractivity contribution in [2.45, 2.75) is 20.4 Å². The van der Waals surface area contributed by atoms with Gasteiger partial charge in [0.15, 0.2) is 0 Å². The molecule has 0 aliphatic rings. The number of aromatic nitrogens is 1. The van der Waals surface area contributed by atoms with Gasteiger partial charge in [-0.1, -0.05) is 30.3 Å². The zero-order valence-electron chi connectivity index (χ0n) is 16.5. The summed E-state index contributed by atoms with van der Waals surface area (Å²) in [5, 5.41) is 2.92. The Labute approximate surface area is 166 Å². The number of pyridine rings is 1. The average Bonchev–Trinajstić information content (AvgIpc) is 2.73. The van der Waals surface area contributed by atoms with Gasteiger partial charge in [0.05, 0.1) is 7.11 Å². The summed E-state index contributed by atoms with van der Waals surface area (Å²) in [6.07, 6.45) is 1.67. The molecule has 5 heteroatoms. The first-order chi connectivity index (χ1) is 13.6. The van der Waals surface area contributed by atoms with E-state index in [0.29, 0.717) is 12.2 Å². The van der Waals surface area contributed by atoms with Crippen LogP contribution in [0.5, 0.6) is 5.75 Å². The highest BCUT2D eigenvalue weighted by atomic mass is 16.5. The molecular formula is C23H25N3O2. The molecule has 144 valence electrons. The predicted octanol–water partition coefficient (Wildman–Crippen LogP) is 4.49. The molecule has 2 aromatic carbocycles. The summed E-state index contributed by atoms with van der Waals surface area (Å²) in [6, 6.07) is 19.7. The van der Waals surface area contributed by atoms with Gasteiger partial charge in [0.1, 0.15) is 11.4 Å². The van der Waals surface area contributed by atoms with Crippen LogP contribution in [0.3, 0.4) is 0 Å². The molecular weight excluding hydrogens is 350 g/mol. The Balaban J connectivity index is 1.77. The van der Waals surface area contributed by atoms with E-state index in [1.54, 1.807) is 13.3 Å². The van der Waals surface area contributed by atoms with Crippen molar-refractivity contribution in [1.82, 2.24) is 10.3 Å². The minimum Gasteiger partial charge on any atom is -0.496 e. The normalized spacial score (nSPS) is 10.4. The first kappa shape index (κ1) is 19.4. The van der Waals surface area contributed by atoms with Gasteiger partial charge >= 0.3 is 0 Å². The van der Waals surface area contributed by atoms with Crippen molar-refractivity contribution in [1.29, 1.82) is 0 Å². The molecule has 1 N–H and O–H groups in total. The van der Waals surface area contributed by atoms with Gasteiger partial charge in [0, 0.05) is 36.2 Å². The van der Waals surface area contributed by atoms with Crippen LogP contribution in [0.1, 0.15) is 28.5 Å². The lowest BCUT2D eigenvalue weighted by Crippen LogP contribution is -2.25. The molecule has 3 aromatic rings. The second-order valence-electron chi connectivity index (χ2n) is 6.48. The third-order valence-corrected chi connectivity index (χ3v) is 4.55. The third kappa shape index (κ3) is 4.49. The highest BCUT2D eigenvalue weighted by Gasteiger charge is 2.13. The van der Waals surface area contributed by atoms with E-state index in [0.717, 1.165) is 29.2 Å². The predicted molar refractivity (Wildman–Crippen MR) is 112 cm³/mol. The molecule has 3 rings (SSSR count). The Kier molecular flexibility index (Phi) is 6.27. The second kappa shape index (κ2) is 9.04. The maximum absolute atomic E-state index is 12.6. The number of rotatable bonds is 7. The molecule has 0 radical (unpaired) electrons. The minimum atomic E-state index is -0.215. The highest BCUT2D eigenvalue weighted by Crippen LogP contribution is 2.26. The van der Waals surface area contributed by atoms with E-state index >= 15 is 0 Å². The van der Waals surface area contributed by atoms with Crippen LogP contribution in [0.4, 0.5) is 11.4 Å². The van der Waals surface area contributed by atoms with E-state index in [-0.39, 0.29) is 5.91 Å². The molecule has 1 aromatic heterocycles. The van der Waals surface area contributed by atoms with Gasteiger partial charge in [-0.05, 0) is 49.7 Å². The summed E-state index contributed by atoms with van der Waals surface area (Å²) in [5.41, 5.74) is 4.53. The number of hydrogen-bond donors (Lipinski definition) is 1. The van der Waals surface area contributed by atoms with Gasteiger partial charge in [0.25, 0.3) is 5.91 Å². The third-order valence-electron chi connectivity index (χ3n) is 4.55. The molecule has 0 aliphatic heterocycles. The first-order valence-electron chi connectivity index (χ1n) is 9.32. The highest BCUT2D eigenvalue weighted by molar-refractivity contribution is 5.93. The Bertz CT molecular complexity index is 956. The summed E-state index contributed by atoms with van der Waals surface area (Å²) < 4.78 is 5.33. The Morgan fingerprint density at radius 1 is 1.07 bits per heavy atom. The molecule has 0 fully saturated rings. The van der Waals surface area contributed by atoms with Crippen molar-refractivity contribution in [2.24, 2.45) is 0 Å². The van der Waals surface area contributed by atoms with E-state index in [2.05, 4.69) is 47.2 Å². The molecule has 0 atom stereocenters. The molecule has 0 saturated heterocycles. The number of aryl methyl sites for hydroxylation is 1. The SMILES string of the molecule is CCN(c1cccc(C)c1)c1ccnc(C(=O)NCc2ccccc2OC)c1. The lowest BCUT2D eigenvalue weighted by atomic mass is 10.2. The summed E-state index contributed by atoms with van der Waals surface area (Å²) in [5.74, 6) is 0.536. The smallest absolute Gasteiger partial charge is 0.270 e. The molecule has 28 heavy (non-hydrogen) atoms. The first-order valence-corrected chi connectivity index (χ1v) is 9.32. The monoisotopic (exact) mass is 375 g/mol. The molecule has 5 nitrogen and oxygen atoms in total. The number of nitrogens with zero attached hydrogens (tertiary/aromatic N) is 2. The molecule has 0 saturated carbocycles. The number of hydrogen-bond acceptors (Lipinski definition) is 4. The van der Waals surface area contributed by atoms with E-state index in [4.69, 9.17) is 4.74 Å². The zero-order chi connectivity index (χ0) is 19.9. The summed E-state index contributed by atoms with van der Waals surface area (Å²) in [6.45, 7) is 5.32. The number of benzene rings is 2. The molecule has 0 unspecified atom stereocenters. The van der Waals surface area contributed by atoms with Crippen LogP contribution < -0.4 is 15.0 Å². The van der Waals surface area contributed by atoms with Gasteiger partial charge < -0.3 is 15.0 Å². The van der Waals surface area contributed by atoms with E-state index in [1.165, 1.54) is 5.56 Å². The van der Waals surface area contributed by atoms with Gasteiger partial charge in [-0.3, -0.25) is 9.78 Å². The van der Waals surface area contributed by atoms with Crippen molar-refractivity contribution in [3.63, 3.8) is 0 Å². The fourth-order valence-corrected chi connectivity index (χ4v) is 3.14. The minimum absolute atomic E-state index is 0.215. The standard InChI is InChI=1S/C23H25N3O2/c1-4-26(19-10-7-8-17(2)14-19)20-12-13-24-21(15-20)23(27)25-16-18-9-5-6-11-22(18)28-3/h5-15H,4,16H2,1-3H3,(H,25,27). The summed E-state index contributed by atoms with van der Waals surface area (Å²) in [7, 11) is 1.62. The maximum atomic E-state index is 12.6. The lowest BCUT2D eigenvalue weighted by Gasteiger charge is -2.24. The van der Waals surface area contributed by atoms with E-state index in [1.807, 2.05) is 42.5 Å². The van der Waals surface area contributed by atoms with Crippen LogP contribution in [-0.2, 0) is 6.54 Å². The van der Waals surface area contributed by atoms with Crippen LogP contribution in [0.15, 0.2) is 66.9 Å². The van der Waals surface area contributed by atoms with Crippen LogP contribution in [0.25, 0.3) is 0 Å². The number of amides is 1. The summed E-state index contributed by atoms with van der Waals surface area (Å²) in [4.78, 5) is 19.0. The van der Waals surface area contributed by atoms with Crippen molar-refractivity contribution in [3.05, 3.63) is 83.7 Å². The van der Waals surface area contributed by atoms with E-state index in [9.17, 15) is 4.79 Å². The molecule has 1 amide bonds. The topological polar surface area (TPSA) is 54.5 Å². The quantitative estimate of drug-likeness (QED) is 0.661. The number of nitrogens with one attached hydrogen (secondary N) is 1. The van der Waals surface area contributed by atoms with Crippen LogP contribution in [-0.4, -0.2) is 24.5 Å².